The molecule has 3 nitrogen and oxygen atoms in total. The quantitative estimate of drug-likeness (QED) is 0.758. The molecule has 0 aliphatic heterocycles. The molecule has 3 rings (SSSR count). The Labute approximate surface area is 152 Å². The molecular weight excluding hydrogens is 341 g/mol. The molecule has 5 heteroatoms. The molecule has 1 fully saturated rings. The summed E-state index contributed by atoms with van der Waals surface area (Å²) in [5, 5.41) is 2.60. The second-order valence-corrected chi connectivity index (χ2v) is 6.78. The zero-order valence-electron chi connectivity index (χ0n) is 13.9. The van der Waals surface area contributed by atoms with Gasteiger partial charge in [0.2, 0.25) is 0 Å². The van der Waals surface area contributed by atoms with Gasteiger partial charge in [-0.05, 0) is 54.7 Å². The number of ether oxygens (including phenoxy) is 1. The fraction of sp³-hybridized carbons (Fsp3) is 0.350. The largest absolute Gasteiger partial charge is 0.484 e. The number of carbonyl (C=O) groups excluding carboxylic acids is 1. The predicted molar refractivity (Wildman–Crippen MR) is 97.8 cm³/mol. The third-order valence-electron chi connectivity index (χ3n) is 4.53. The molecule has 2 aromatic rings. The van der Waals surface area contributed by atoms with E-state index in [0.717, 1.165) is 0 Å². The number of carbonyl (C=O) groups is 1. The number of halogens is 2. The minimum absolute atomic E-state index is 0.0305. The van der Waals surface area contributed by atoms with Crippen molar-refractivity contribution in [1.29, 1.82) is 0 Å². The first-order chi connectivity index (χ1) is 12.1. The number of amides is 1. The van der Waals surface area contributed by atoms with Gasteiger partial charge in [-0.1, -0.05) is 43.0 Å². The number of hydrogen-bond acceptors (Lipinski definition) is 2. The topological polar surface area (TPSA) is 38.3 Å². The first kappa shape index (κ1) is 17.7. The Hall–Kier alpha value is -2.07. The smallest absolute Gasteiger partial charge is 0.262 e. The van der Waals surface area contributed by atoms with Crippen LogP contribution in [0.25, 0.3) is 0 Å². The highest BCUT2D eigenvalue weighted by Gasteiger charge is 2.15. The van der Waals surface area contributed by atoms with E-state index in [1.165, 1.54) is 55.9 Å². The van der Waals surface area contributed by atoms with Gasteiger partial charge < -0.3 is 10.1 Å². The molecule has 1 aliphatic carbocycles. The lowest BCUT2D eigenvalue weighted by atomic mass is 9.84. The van der Waals surface area contributed by atoms with E-state index in [-0.39, 0.29) is 17.5 Å². The maximum absolute atomic E-state index is 13.1. The maximum atomic E-state index is 13.1. The van der Waals surface area contributed by atoms with Gasteiger partial charge in [0.1, 0.15) is 11.6 Å². The Morgan fingerprint density at radius 3 is 2.52 bits per heavy atom. The summed E-state index contributed by atoms with van der Waals surface area (Å²) in [7, 11) is 0. The van der Waals surface area contributed by atoms with E-state index < -0.39 is 5.82 Å². The van der Waals surface area contributed by atoms with Crippen LogP contribution in [0.1, 0.15) is 43.6 Å². The molecule has 0 radical (unpaired) electrons. The van der Waals surface area contributed by atoms with E-state index in [2.05, 4.69) is 17.4 Å². The normalized spacial score (nSPS) is 15.0. The van der Waals surface area contributed by atoms with Crippen molar-refractivity contribution in [3.8, 4) is 5.75 Å². The van der Waals surface area contributed by atoms with Gasteiger partial charge in [-0.15, -0.1) is 0 Å². The average molecular weight is 362 g/mol. The van der Waals surface area contributed by atoms with Crippen molar-refractivity contribution in [1.82, 2.24) is 0 Å². The summed E-state index contributed by atoms with van der Waals surface area (Å²) in [5.74, 6) is 0.467. The van der Waals surface area contributed by atoms with Gasteiger partial charge in [0, 0.05) is 5.69 Å². The van der Waals surface area contributed by atoms with Crippen molar-refractivity contribution in [2.45, 2.75) is 38.0 Å². The van der Waals surface area contributed by atoms with Gasteiger partial charge in [-0.25, -0.2) is 4.39 Å². The number of rotatable bonds is 5. The number of benzene rings is 2. The third-order valence-corrected chi connectivity index (χ3v) is 4.82. The van der Waals surface area contributed by atoms with Crippen molar-refractivity contribution in [3.05, 3.63) is 58.9 Å². The average Bonchev–Trinajstić information content (AvgIpc) is 2.64. The summed E-state index contributed by atoms with van der Waals surface area (Å²) in [6.07, 6.45) is 6.45. The lowest BCUT2D eigenvalue weighted by Crippen LogP contribution is -2.20. The fourth-order valence-electron chi connectivity index (χ4n) is 3.19. The molecule has 0 bridgehead atoms. The van der Waals surface area contributed by atoms with E-state index in [0.29, 0.717) is 17.4 Å². The lowest BCUT2D eigenvalue weighted by Gasteiger charge is -2.22. The van der Waals surface area contributed by atoms with Crippen LogP contribution in [0.3, 0.4) is 0 Å². The first-order valence-corrected chi connectivity index (χ1v) is 8.97. The van der Waals surface area contributed by atoms with Crippen molar-refractivity contribution in [2.75, 3.05) is 11.9 Å². The Balaban J connectivity index is 1.50. The molecule has 0 atom stereocenters. The van der Waals surface area contributed by atoms with E-state index in [1.54, 1.807) is 0 Å². The zero-order valence-corrected chi connectivity index (χ0v) is 14.7. The number of hydrogen-bond donors (Lipinski definition) is 1. The Bertz CT molecular complexity index is 727. The molecule has 1 N–H and O–H groups in total. The minimum atomic E-state index is -0.519. The summed E-state index contributed by atoms with van der Waals surface area (Å²) in [5.41, 5.74) is 1.78. The summed E-state index contributed by atoms with van der Waals surface area (Å²) in [6.45, 7) is -0.113. The van der Waals surface area contributed by atoms with Crippen LogP contribution < -0.4 is 10.1 Å². The standard InChI is InChI=1S/C20H21ClFNO2/c21-18-12-16(8-11-19(18)22)23-20(24)13-25-17-9-6-15(7-10-17)14-4-2-1-3-5-14/h6-12,14H,1-5,13H2,(H,23,24). The van der Waals surface area contributed by atoms with Gasteiger partial charge in [-0.2, -0.15) is 0 Å². The van der Waals surface area contributed by atoms with E-state index in [1.807, 2.05) is 12.1 Å². The second kappa shape index (κ2) is 8.34. The van der Waals surface area contributed by atoms with E-state index in [4.69, 9.17) is 16.3 Å². The van der Waals surface area contributed by atoms with Crippen molar-refractivity contribution >= 4 is 23.2 Å². The van der Waals surface area contributed by atoms with Crippen molar-refractivity contribution < 1.29 is 13.9 Å². The summed E-state index contributed by atoms with van der Waals surface area (Å²) in [4.78, 5) is 11.9. The van der Waals surface area contributed by atoms with Crippen LogP contribution in [0.5, 0.6) is 5.75 Å². The Morgan fingerprint density at radius 1 is 1.12 bits per heavy atom. The summed E-state index contributed by atoms with van der Waals surface area (Å²) < 4.78 is 18.6. The van der Waals surface area contributed by atoms with Crippen molar-refractivity contribution in [3.63, 3.8) is 0 Å². The fourth-order valence-corrected chi connectivity index (χ4v) is 3.37. The molecule has 0 spiro atoms. The van der Waals surface area contributed by atoms with Crippen LogP contribution in [0.2, 0.25) is 5.02 Å². The molecule has 132 valence electrons. The molecule has 1 aliphatic rings. The van der Waals surface area contributed by atoms with Crippen LogP contribution in [-0.2, 0) is 4.79 Å². The SMILES string of the molecule is O=C(COc1ccc(C2CCCCC2)cc1)Nc1ccc(F)c(Cl)c1. The Morgan fingerprint density at radius 2 is 1.84 bits per heavy atom. The summed E-state index contributed by atoms with van der Waals surface area (Å²) in [6, 6.07) is 12.0. The number of nitrogens with one attached hydrogen (secondary N) is 1. The van der Waals surface area contributed by atoms with Crippen molar-refractivity contribution in [2.24, 2.45) is 0 Å². The predicted octanol–water partition coefficient (Wildman–Crippen LogP) is 5.54. The molecule has 0 saturated heterocycles. The highest BCUT2D eigenvalue weighted by molar-refractivity contribution is 6.31. The third kappa shape index (κ3) is 4.95. The first-order valence-electron chi connectivity index (χ1n) is 8.59. The van der Waals surface area contributed by atoms with E-state index >= 15 is 0 Å². The van der Waals surface area contributed by atoms with Crippen LogP contribution >= 0.6 is 11.6 Å². The van der Waals surface area contributed by atoms with Crippen LogP contribution in [0.15, 0.2) is 42.5 Å². The molecule has 0 heterocycles. The molecule has 1 amide bonds. The van der Waals surface area contributed by atoms with Crippen LogP contribution in [0.4, 0.5) is 10.1 Å². The zero-order chi connectivity index (χ0) is 17.6. The van der Waals surface area contributed by atoms with Crippen LogP contribution in [0, 0.1) is 5.82 Å². The van der Waals surface area contributed by atoms with Gasteiger partial charge in [0.15, 0.2) is 6.61 Å². The van der Waals surface area contributed by atoms with Gasteiger partial charge in [0.05, 0.1) is 5.02 Å². The molecule has 0 unspecified atom stereocenters. The van der Waals surface area contributed by atoms with Crippen LogP contribution in [-0.4, -0.2) is 12.5 Å². The second-order valence-electron chi connectivity index (χ2n) is 6.37. The molecular formula is C20H21ClFNO2. The highest BCUT2D eigenvalue weighted by Crippen LogP contribution is 2.33. The minimum Gasteiger partial charge on any atom is -0.484 e. The van der Waals surface area contributed by atoms with Gasteiger partial charge in [0.25, 0.3) is 5.91 Å². The van der Waals surface area contributed by atoms with E-state index in [9.17, 15) is 9.18 Å². The molecule has 2 aromatic carbocycles. The maximum Gasteiger partial charge on any atom is 0.262 e. The molecule has 0 aromatic heterocycles. The van der Waals surface area contributed by atoms with Gasteiger partial charge >= 0.3 is 0 Å². The highest BCUT2D eigenvalue weighted by atomic mass is 35.5. The Kier molecular flexibility index (Phi) is 5.92. The monoisotopic (exact) mass is 361 g/mol. The lowest BCUT2D eigenvalue weighted by molar-refractivity contribution is -0.118. The molecule has 1 saturated carbocycles. The number of anilines is 1. The molecule has 25 heavy (non-hydrogen) atoms. The van der Waals surface area contributed by atoms with Gasteiger partial charge in [-0.3, -0.25) is 4.79 Å². The summed E-state index contributed by atoms with van der Waals surface area (Å²) >= 11 is 5.69.